The fourth-order valence-corrected chi connectivity index (χ4v) is 2.31. The summed E-state index contributed by atoms with van der Waals surface area (Å²) < 4.78 is 0. The van der Waals surface area contributed by atoms with E-state index in [1.165, 1.54) is 5.39 Å². The molecule has 4 heteroatoms. The van der Waals surface area contributed by atoms with E-state index in [0.717, 1.165) is 23.1 Å². The monoisotopic (exact) mass is 253 g/mol. The van der Waals surface area contributed by atoms with Gasteiger partial charge in [-0.05, 0) is 17.0 Å². The highest BCUT2D eigenvalue weighted by molar-refractivity contribution is 5.96. The standard InChI is InChI=1S/C15H15N3O/c1-10(14-6-7-15(16)19-18-14)13-9-17-8-11-4-2-3-5-12(11)13/h2-5,7-10H,6,16H2,1H3. The van der Waals surface area contributed by atoms with Gasteiger partial charge in [0.1, 0.15) is 0 Å². The van der Waals surface area contributed by atoms with E-state index in [9.17, 15) is 0 Å². The molecule has 4 nitrogen and oxygen atoms in total. The first-order valence-electron chi connectivity index (χ1n) is 6.28. The number of oxime groups is 1. The molecule has 3 rings (SSSR count). The number of fused-ring (bicyclic) bond motifs is 1. The van der Waals surface area contributed by atoms with Gasteiger partial charge in [-0.1, -0.05) is 36.3 Å². The molecule has 0 saturated carbocycles. The van der Waals surface area contributed by atoms with Crippen LogP contribution < -0.4 is 5.73 Å². The summed E-state index contributed by atoms with van der Waals surface area (Å²) in [5.74, 6) is 0.523. The van der Waals surface area contributed by atoms with Gasteiger partial charge in [-0.25, -0.2) is 0 Å². The molecule has 0 saturated heterocycles. The molecule has 0 spiro atoms. The average Bonchev–Trinajstić information content (AvgIpc) is 2.47. The molecule has 0 bridgehead atoms. The Kier molecular flexibility index (Phi) is 2.91. The molecule has 2 aromatic rings. The molecule has 19 heavy (non-hydrogen) atoms. The molecule has 1 aromatic carbocycles. The van der Waals surface area contributed by atoms with Crippen LogP contribution in [0.15, 0.2) is 53.8 Å². The lowest BCUT2D eigenvalue weighted by Gasteiger charge is -2.17. The fourth-order valence-electron chi connectivity index (χ4n) is 2.31. The van der Waals surface area contributed by atoms with Crippen molar-refractivity contribution in [1.82, 2.24) is 4.98 Å². The largest absolute Gasteiger partial charge is 0.368 e. The first-order valence-corrected chi connectivity index (χ1v) is 6.28. The quantitative estimate of drug-likeness (QED) is 0.895. The molecule has 0 fully saturated rings. The van der Waals surface area contributed by atoms with Crippen LogP contribution >= 0.6 is 0 Å². The summed E-state index contributed by atoms with van der Waals surface area (Å²) >= 11 is 0. The minimum absolute atomic E-state index is 0.156. The Hall–Kier alpha value is -2.36. The lowest BCUT2D eigenvalue weighted by Crippen LogP contribution is -2.15. The van der Waals surface area contributed by atoms with E-state index in [1.807, 2.05) is 30.6 Å². The van der Waals surface area contributed by atoms with Crippen LogP contribution in [0.5, 0.6) is 0 Å². The van der Waals surface area contributed by atoms with E-state index in [2.05, 4.69) is 29.2 Å². The Morgan fingerprint density at radius 2 is 2.11 bits per heavy atom. The van der Waals surface area contributed by atoms with E-state index >= 15 is 0 Å². The second-order valence-corrected chi connectivity index (χ2v) is 4.66. The van der Waals surface area contributed by atoms with Crippen molar-refractivity contribution in [2.45, 2.75) is 19.3 Å². The van der Waals surface area contributed by atoms with Crippen LogP contribution in [0.4, 0.5) is 0 Å². The van der Waals surface area contributed by atoms with Gasteiger partial charge in [0.2, 0.25) is 5.88 Å². The summed E-state index contributed by atoms with van der Waals surface area (Å²) in [7, 11) is 0. The number of nitrogens with zero attached hydrogens (tertiary/aromatic N) is 2. The maximum absolute atomic E-state index is 5.55. The normalized spacial score (nSPS) is 16.5. The number of rotatable bonds is 2. The van der Waals surface area contributed by atoms with Gasteiger partial charge >= 0.3 is 0 Å². The zero-order valence-corrected chi connectivity index (χ0v) is 10.7. The molecule has 2 heterocycles. The third kappa shape index (κ3) is 2.17. The highest BCUT2D eigenvalue weighted by Gasteiger charge is 2.18. The van der Waals surface area contributed by atoms with Crippen molar-refractivity contribution in [1.29, 1.82) is 0 Å². The minimum Gasteiger partial charge on any atom is -0.368 e. The third-order valence-corrected chi connectivity index (χ3v) is 3.45. The summed E-state index contributed by atoms with van der Waals surface area (Å²) in [5.41, 5.74) is 7.67. The van der Waals surface area contributed by atoms with Gasteiger partial charge in [0.05, 0.1) is 5.71 Å². The van der Waals surface area contributed by atoms with Crippen molar-refractivity contribution < 1.29 is 4.84 Å². The molecule has 1 unspecified atom stereocenters. The fraction of sp³-hybridized carbons (Fsp3) is 0.200. The molecule has 1 aromatic heterocycles. The van der Waals surface area contributed by atoms with E-state index in [1.54, 1.807) is 0 Å². The summed E-state index contributed by atoms with van der Waals surface area (Å²) in [6.07, 6.45) is 6.34. The van der Waals surface area contributed by atoms with Gasteiger partial charge in [0.25, 0.3) is 0 Å². The molecule has 1 aliphatic rings. The highest BCUT2D eigenvalue weighted by atomic mass is 16.6. The van der Waals surface area contributed by atoms with Crippen molar-refractivity contribution in [2.75, 3.05) is 0 Å². The van der Waals surface area contributed by atoms with Crippen molar-refractivity contribution in [3.63, 3.8) is 0 Å². The Morgan fingerprint density at radius 1 is 1.26 bits per heavy atom. The average molecular weight is 253 g/mol. The van der Waals surface area contributed by atoms with Crippen molar-refractivity contribution in [2.24, 2.45) is 10.9 Å². The molecule has 96 valence electrons. The lowest BCUT2D eigenvalue weighted by molar-refractivity contribution is 0.216. The maximum atomic E-state index is 5.55. The molecular weight excluding hydrogens is 238 g/mol. The van der Waals surface area contributed by atoms with Crippen molar-refractivity contribution in [3.8, 4) is 0 Å². The highest BCUT2D eigenvalue weighted by Crippen LogP contribution is 2.27. The molecule has 2 N–H and O–H groups in total. The summed E-state index contributed by atoms with van der Waals surface area (Å²) in [6, 6.07) is 8.23. The SMILES string of the molecule is CC(C1=NOC(N)=CC1)c1cncc2ccccc12. The Morgan fingerprint density at radius 3 is 2.89 bits per heavy atom. The van der Waals surface area contributed by atoms with Crippen LogP contribution in [0.1, 0.15) is 24.8 Å². The van der Waals surface area contributed by atoms with Gasteiger partial charge in [-0.15, -0.1) is 0 Å². The first kappa shape index (κ1) is 11.7. The predicted octanol–water partition coefficient (Wildman–Crippen LogP) is 2.91. The zero-order chi connectivity index (χ0) is 13.2. The van der Waals surface area contributed by atoms with Gasteiger partial charge in [-0.2, -0.15) is 0 Å². The van der Waals surface area contributed by atoms with Crippen LogP contribution in [-0.4, -0.2) is 10.7 Å². The molecular formula is C15H15N3O. The predicted molar refractivity (Wildman–Crippen MR) is 75.6 cm³/mol. The number of hydrogen-bond acceptors (Lipinski definition) is 4. The summed E-state index contributed by atoms with van der Waals surface area (Å²) in [6.45, 7) is 2.11. The van der Waals surface area contributed by atoms with Gasteiger partial charge < -0.3 is 10.6 Å². The second-order valence-electron chi connectivity index (χ2n) is 4.66. The number of hydrogen-bond donors (Lipinski definition) is 1. The van der Waals surface area contributed by atoms with Crippen LogP contribution in [0.3, 0.4) is 0 Å². The summed E-state index contributed by atoms with van der Waals surface area (Å²) in [5, 5.41) is 6.43. The lowest BCUT2D eigenvalue weighted by atomic mass is 9.91. The van der Waals surface area contributed by atoms with E-state index in [4.69, 9.17) is 10.6 Å². The zero-order valence-electron chi connectivity index (χ0n) is 10.7. The number of benzene rings is 1. The van der Waals surface area contributed by atoms with Crippen LogP contribution in [0.25, 0.3) is 10.8 Å². The molecule has 0 amide bonds. The van der Waals surface area contributed by atoms with Crippen molar-refractivity contribution >= 4 is 16.5 Å². The van der Waals surface area contributed by atoms with Crippen molar-refractivity contribution in [3.05, 3.63) is 54.2 Å². The number of nitrogens with two attached hydrogens (primary N) is 1. The van der Waals surface area contributed by atoms with Gasteiger partial charge in [0.15, 0.2) is 0 Å². The first-order chi connectivity index (χ1) is 9.25. The van der Waals surface area contributed by atoms with Gasteiger partial charge in [0, 0.05) is 30.1 Å². The molecule has 0 aliphatic carbocycles. The molecule has 1 aliphatic heterocycles. The number of allylic oxidation sites excluding steroid dienone is 1. The van der Waals surface area contributed by atoms with Crippen LogP contribution in [0.2, 0.25) is 0 Å². The number of pyridine rings is 1. The summed E-state index contributed by atoms with van der Waals surface area (Å²) in [4.78, 5) is 9.36. The van der Waals surface area contributed by atoms with E-state index in [-0.39, 0.29) is 5.92 Å². The smallest absolute Gasteiger partial charge is 0.216 e. The van der Waals surface area contributed by atoms with E-state index < -0.39 is 0 Å². The topological polar surface area (TPSA) is 60.5 Å². The molecule has 1 atom stereocenters. The number of aromatic nitrogens is 1. The Labute approximate surface area is 111 Å². The van der Waals surface area contributed by atoms with Crippen LogP contribution in [0, 0.1) is 0 Å². The van der Waals surface area contributed by atoms with Crippen LogP contribution in [-0.2, 0) is 4.84 Å². The Balaban J connectivity index is 2.00. The third-order valence-electron chi connectivity index (χ3n) is 3.45. The van der Waals surface area contributed by atoms with E-state index in [0.29, 0.717) is 5.88 Å². The second kappa shape index (κ2) is 4.72. The minimum atomic E-state index is 0.156. The van der Waals surface area contributed by atoms with Gasteiger partial charge in [-0.3, -0.25) is 4.98 Å². The molecule has 0 radical (unpaired) electrons. The maximum Gasteiger partial charge on any atom is 0.216 e. The Bertz CT molecular complexity index is 671.